The van der Waals surface area contributed by atoms with Crippen molar-refractivity contribution in [1.82, 2.24) is 4.98 Å². The lowest BCUT2D eigenvalue weighted by Crippen LogP contribution is -2.08. The molecule has 0 bridgehead atoms. The van der Waals surface area contributed by atoms with Crippen molar-refractivity contribution in [2.75, 3.05) is 19.0 Å². The first-order valence-electron chi connectivity index (χ1n) is 9.16. The van der Waals surface area contributed by atoms with E-state index in [0.29, 0.717) is 22.6 Å². The Bertz CT molecular complexity index is 1160. The maximum absolute atomic E-state index is 13.3. The van der Waals surface area contributed by atoms with E-state index in [1.807, 2.05) is 85.7 Å². The number of halogens is 1. The number of allylic oxidation sites excluding steroid dienone is 1. The van der Waals surface area contributed by atoms with E-state index in [0.717, 1.165) is 21.2 Å². The van der Waals surface area contributed by atoms with Crippen LogP contribution in [0.2, 0.25) is 0 Å². The summed E-state index contributed by atoms with van der Waals surface area (Å²) in [4.78, 5) is 19.9. The van der Waals surface area contributed by atoms with Gasteiger partial charge in [0.1, 0.15) is 5.52 Å². The van der Waals surface area contributed by atoms with Gasteiger partial charge in [-0.15, -0.1) is 0 Å². The molecule has 0 aliphatic rings. The van der Waals surface area contributed by atoms with Crippen LogP contribution in [0.4, 0.5) is 5.69 Å². The predicted octanol–water partition coefficient (Wildman–Crippen LogP) is 6.08. The zero-order valence-corrected chi connectivity index (χ0v) is 17.7. The molecule has 0 atom stereocenters. The molecule has 1 aromatic heterocycles. The van der Waals surface area contributed by atoms with Gasteiger partial charge in [0.25, 0.3) is 0 Å². The molecular weight excluding hydrogens is 428 g/mol. The molecule has 0 saturated heterocycles. The number of oxazole rings is 1. The summed E-state index contributed by atoms with van der Waals surface area (Å²) in [6, 6.07) is 22.8. The third-order valence-corrected chi connectivity index (χ3v) is 5.12. The van der Waals surface area contributed by atoms with Gasteiger partial charge < -0.3 is 9.32 Å². The molecule has 4 nitrogen and oxygen atoms in total. The second-order valence-electron chi connectivity index (χ2n) is 6.87. The second kappa shape index (κ2) is 8.05. The molecule has 4 aromatic rings. The number of anilines is 1. The van der Waals surface area contributed by atoms with Crippen LogP contribution in [0, 0.1) is 0 Å². The highest BCUT2D eigenvalue weighted by atomic mass is 79.9. The predicted molar refractivity (Wildman–Crippen MR) is 121 cm³/mol. The van der Waals surface area contributed by atoms with Crippen LogP contribution >= 0.6 is 15.9 Å². The normalized spacial score (nSPS) is 11.6. The summed E-state index contributed by atoms with van der Waals surface area (Å²) < 4.78 is 6.83. The number of aromatic nitrogens is 1. The van der Waals surface area contributed by atoms with Gasteiger partial charge in [0.15, 0.2) is 11.4 Å². The van der Waals surface area contributed by atoms with Crippen molar-refractivity contribution < 1.29 is 9.21 Å². The summed E-state index contributed by atoms with van der Waals surface area (Å²) >= 11 is 3.41. The van der Waals surface area contributed by atoms with Gasteiger partial charge in [0.2, 0.25) is 5.89 Å². The maximum atomic E-state index is 13.3. The Kier molecular flexibility index (Phi) is 5.32. The Hall–Kier alpha value is -3.18. The van der Waals surface area contributed by atoms with Crippen LogP contribution in [0.5, 0.6) is 0 Å². The van der Waals surface area contributed by atoms with Gasteiger partial charge in [0.05, 0.1) is 5.57 Å². The van der Waals surface area contributed by atoms with E-state index in [4.69, 9.17) is 4.42 Å². The Morgan fingerprint density at radius 2 is 1.66 bits per heavy atom. The van der Waals surface area contributed by atoms with Crippen LogP contribution in [-0.2, 0) is 0 Å². The molecule has 5 heteroatoms. The number of Topliss-reactive ketones (excluding diaryl/α,β-unsaturated/α-hetero) is 1. The van der Waals surface area contributed by atoms with Crippen molar-refractivity contribution in [2.45, 2.75) is 0 Å². The molecule has 0 aliphatic heterocycles. The summed E-state index contributed by atoms with van der Waals surface area (Å²) in [6.07, 6.45) is 1.83. The van der Waals surface area contributed by atoms with Gasteiger partial charge in [-0.2, -0.15) is 0 Å². The number of hydrogen-bond donors (Lipinski definition) is 0. The Morgan fingerprint density at radius 1 is 0.966 bits per heavy atom. The van der Waals surface area contributed by atoms with Crippen molar-refractivity contribution in [3.05, 3.63) is 94.3 Å². The monoisotopic (exact) mass is 446 g/mol. The van der Waals surface area contributed by atoms with Gasteiger partial charge in [-0.05, 0) is 60.2 Å². The average Bonchev–Trinajstić information content (AvgIpc) is 3.16. The zero-order chi connectivity index (χ0) is 20.4. The van der Waals surface area contributed by atoms with Crippen LogP contribution in [0.3, 0.4) is 0 Å². The third kappa shape index (κ3) is 4.15. The van der Waals surface area contributed by atoms with Crippen molar-refractivity contribution >= 4 is 50.1 Å². The first-order chi connectivity index (χ1) is 14.0. The van der Waals surface area contributed by atoms with E-state index in [9.17, 15) is 4.79 Å². The average molecular weight is 447 g/mol. The van der Waals surface area contributed by atoms with E-state index in [2.05, 4.69) is 20.9 Å². The summed E-state index contributed by atoms with van der Waals surface area (Å²) in [7, 11) is 3.98. The van der Waals surface area contributed by atoms with Crippen LogP contribution in [0.25, 0.3) is 22.7 Å². The topological polar surface area (TPSA) is 46.3 Å². The van der Waals surface area contributed by atoms with Crippen molar-refractivity contribution in [3.8, 4) is 0 Å². The van der Waals surface area contributed by atoms with Gasteiger partial charge in [-0.1, -0.05) is 40.2 Å². The number of fused-ring (bicyclic) bond motifs is 1. The van der Waals surface area contributed by atoms with E-state index in [1.54, 1.807) is 12.1 Å². The molecule has 3 aromatic carbocycles. The second-order valence-corrected chi connectivity index (χ2v) is 7.78. The minimum absolute atomic E-state index is 0.138. The van der Waals surface area contributed by atoms with E-state index in [-0.39, 0.29) is 5.78 Å². The van der Waals surface area contributed by atoms with E-state index in [1.165, 1.54) is 0 Å². The SMILES string of the molecule is CN(C)c1ccc(/C=C(\C(=O)c2ccc(Br)cc2)c2nc3ccccc3o2)cc1. The number of para-hydroxylation sites is 2. The summed E-state index contributed by atoms with van der Waals surface area (Å²) in [5.41, 5.74) is 4.36. The number of nitrogens with zero attached hydrogens (tertiary/aromatic N) is 2. The molecule has 29 heavy (non-hydrogen) atoms. The van der Waals surface area contributed by atoms with E-state index < -0.39 is 0 Å². The highest BCUT2D eigenvalue weighted by Crippen LogP contribution is 2.27. The smallest absolute Gasteiger partial charge is 0.231 e. The van der Waals surface area contributed by atoms with Crippen molar-refractivity contribution in [3.63, 3.8) is 0 Å². The zero-order valence-electron chi connectivity index (χ0n) is 16.1. The van der Waals surface area contributed by atoms with Gasteiger partial charge >= 0.3 is 0 Å². The fourth-order valence-corrected chi connectivity index (χ4v) is 3.27. The van der Waals surface area contributed by atoms with Crippen LogP contribution in [0.1, 0.15) is 21.8 Å². The number of benzene rings is 3. The first kappa shape index (κ1) is 19.2. The fraction of sp³-hybridized carbons (Fsp3) is 0.0833. The largest absolute Gasteiger partial charge is 0.436 e. The number of ketones is 1. The molecule has 0 N–H and O–H groups in total. The Morgan fingerprint density at radius 3 is 2.31 bits per heavy atom. The number of carbonyl (C=O) groups excluding carboxylic acids is 1. The molecule has 1 heterocycles. The number of carbonyl (C=O) groups is 1. The Labute approximate surface area is 177 Å². The molecule has 0 aliphatic carbocycles. The standard InChI is InChI=1S/C24H19BrN2O2/c1-27(2)19-13-7-16(8-14-19)15-20(23(28)17-9-11-18(25)12-10-17)24-26-21-5-3-4-6-22(21)29-24/h3-15H,1-2H3/b20-15+. The minimum Gasteiger partial charge on any atom is -0.436 e. The molecule has 0 unspecified atom stereocenters. The van der Waals surface area contributed by atoms with Crippen molar-refractivity contribution in [2.24, 2.45) is 0 Å². The molecule has 144 valence electrons. The van der Waals surface area contributed by atoms with Crippen LogP contribution < -0.4 is 4.90 Å². The first-order valence-corrected chi connectivity index (χ1v) is 9.96. The lowest BCUT2D eigenvalue weighted by molar-refractivity contribution is 0.105. The molecule has 0 spiro atoms. The molecule has 0 amide bonds. The van der Waals surface area contributed by atoms with Crippen LogP contribution in [-0.4, -0.2) is 24.9 Å². The molecule has 4 rings (SSSR count). The molecule has 0 saturated carbocycles. The highest BCUT2D eigenvalue weighted by molar-refractivity contribution is 9.10. The third-order valence-electron chi connectivity index (χ3n) is 4.60. The van der Waals surface area contributed by atoms with Crippen LogP contribution in [0.15, 0.2) is 81.7 Å². The number of rotatable bonds is 5. The fourth-order valence-electron chi connectivity index (χ4n) is 3.00. The molecular formula is C24H19BrN2O2. The molecule has 0 radical (unpaired) electrons. The highest BCUT2D eigenvalue weighted by Gasteiger charge is 2.20. The number of hydrogen-bond acceptors (Lipinski definition) is 4. The lowest BCUT2D eigenvalue weighted by atomic mass is 10.0. The van der Waals surface area contributed by atoms with Crippen molar-refractivity contribution in [1.29, 1.82) is 0 Å². The maximum Gasteiger partial charge on any atom is 0.231 e. The Balaban J connectivity index is 1.81. The summed E-state index contributed by atoms with van der Waals surface area (Å²) in [5.74, 6) is 0.177. The lowest BCUT2D eigenvalue weighted by Gasteiger charge is -2.12. The minimum atomic E-state index is -0.138. The van der Waals surface area contributed by atoms with Gasteiger partial charge in [-0.3, -0.25) is 4.79 Å². The van der Waals surface area contributed by atoms with E-state index >= 15 is 0 Å². The van der Waals surface area contributed by atoms with Gasteiger partial charge in [-0.25, -0.2) is 4.98 Å². The summed E-state index contributed by atoms with van der Waals surface area (Å²) in [5, 5.41) is 0. The summed E-state index contributed by atoms with van der Waals surface area (Å²) in [6.45, 7) is 0. The molecule has 0 fully saturated rings. The van der Waals surface area contributed by atoms with Gasteiger partial charge in [0, 0.05) is 29.8 Å². The quantitative estimate of drug-likeness (QED) is 0.275.